The monoisotopic (exact) mass is 584 g/mol. The largest absolute Gasteiger partial charge is 0.492 e. The van der Waals surface area contributed by atoms with Gasteiger partial charge in [-0.25, -0.2) is 9.78 Å². The van der Waals surface area contributed by atoms with Crippen LogP contribution in [0.1, 0.15) is 54.6 Å². The van der Waals surface area contributed by atoms with Gasteiger partial charge in [0.1, 0.15) is 17.0 Å². The first kappa shape index (κ1) is 29.8. The highest BCUT2D eigenvalue weighted by Gasteiger charge is 2.41. The molecule has 1 amide bonds. The average Bonchev–Trinajstić information content (AvgIpc) is 2.92. The van der Waals surface area contributed by atoms with E-state index in [-0.39, 0.29) is 5.69 Å². The molecule has 0 bridgehead atoms. The molecule has 1 saturated carbocycles. The maximum Gasteiger partial charge on any atom is 0.329 e. The Morgan fingerprint density at radius 3 is 2.48 bits per heavy atom. The summed E-state index contributed by atoms with van der Waals surface area (Å²) in [5, 5.41) is 13.6. The van der Waals surface area contributed by atoms with Crippen LogP contribution < -0.4 is 10.1 Å². The number of aromatic nitrogens is 2. The van der Waals surface area contributed by atoms with Crippen molar-refractivity contribution in [3.63, 3.8) is 0 Å². The van der Waals surface area contributed by atoms with Gasteiger partial charge in [0, 0.05) is 23.9 Å². The molecule has 1 aliphatic rings. The minimum absolute atomic E-state index is 0.0941. The van der Waals surface area contributed by atoms with Gasteiger partial charge in [0.2, 0.25) is 0 Å². The highest BCUT2D eigenvalue weighted by atomic mass is 35.5. The smallest absolute Gasteiger partial charge is 0.329 e. The minimum atomic E-state index is -1.30. The van der Waals surface area contributed by atoms with E-state index >= 15 is 0 Å². The summed E-state index contributed by atoms with van der Waals surface area (Å²) in [6, 6.07) is 10.4. The van der Waals surface area contributed by atoms with E-state index in [2.05, 4.69) is 15.2 Å². The lowest BCUT2D eigenvalue weighted by atomic mass is 9.81. The third-order valence-electron chi connectivity index (χ3n) is 7.04. The van der Waals surface area contributed by atoms with Gasteiger partial charge in [-0.05, 0) is 76.2 Å². The van der Waals surface area contributed by atoms with Crippen LogP contribution in [0.3, 0.4) is 0 Å². The van der Waals surface area contributed by atoms with Gasteiger partial charge in [-0.1, -0.05) is 48.5 Å². The summed E-state index contributed by atoms with van der Waals surface area (Å²) in [5.41, 5.74) is 1.94. The van der Waals surface area contributed by atoms with Crippen LogP contribution in [-0.2, 0) is 4.79 Å². The van der Waals surface area contributed by atoms with Crippen LogP contribution in [0.15, 0.2) is 42.6 Å². The van der Waals surface area contributed by atoms with E-state index in [0.717, 1.165) is 37.8 Å². The van der Waals surface area contributed by atoms with E-state index in [4.69, 9.17) is 32.9 Å². The molecule has 8 nitrogen and oxygen atoms in total. The molecule has 3 aromatic rings. The number of hydrogen-bond donors (Lipinski definition) is 2. The van der Waals surface area contributed by atoms with Crippen molar-refractivity contribution in [1.82, 2.24) is 20.2 Å². The lowest BCUT2D eigenvalue weighted by Crippen LogP contribution is -2.55. The molecule has 0 radical (unpaired) electrons. The molecule has 212 valence electrons. The number of benzene rings is 1. The fraction of sp³-hybridized carbons (Fsp3) is 0.400. The summed E-state index contributed by atoms with van der Waals surface area (Å²) in [5.74, 6) is -1.08. The molecule has 0 unspecified atom stereocenters. The zero-order chi connectivity index (χ0) is 28.9. The first-order valence-corrected chi connectivity index (χ1v) is 14.1. The lowest BCUT2D eigenvalue weighted by Gasteiger charge is -2.33. The van der Waals surface area contributed by atoms with Gasteiger partial charge in [0.05, 0.1) is 28.0 Å². The molecule has 1 aliphatic carbocycles. The predicted molar refractivity (Wildman–Crippen MR) is 157 cm³/mol. The number of amides is 1. The Bertz CT molecular complexity index is 1390. The Balaban J connectivity index is 1.74. The summed E-state index contributed by atoms with van der Waals surface area (Å²) in [6.07, 6.45) is 5.73. The molecule has 1 aromatic carbocycles. The van der Waals surface area contributed by atoms with Gasteiger partial charge in [-0.2, -0.15) is 0 Å². The van der Waals surface area contributed by atoms with Gasteiger partial charge < -0.3 is 20.1 Å². The van der Waals surface area contributed by atoms with Crippen LogP contribution in [0.4, 0.5) is 0 Å². The summed E-state index contributed by atoms with van der Waals surface area (Å²) < 4.78 is 5.98. The molecule has 2 aromatic heterocycles. The highest BCUT2D eigenvalue weighted by molar-refractivity contribution is 6.33. The second kappa shape index (κ2) is 13.0. The highest BCUT2D eigenvalue weighted by Crippen LogP contribution is 2.37. The Morgan fingerprint density at radius 1 is 1.05 bits per heavy atom. The van der Waals surface area contributed by atoms with Gasteiger partial charge in [-0.15, -0.1) is 0 Å². The summed E-state index contributed by atoms with van der Waals surface area (Å²) in [7, 11) is 4.00. The first-order chi connectivity index (χ1) is 19.1. The van der Waals surface area contributed by atoms with E-state index in [1.807, 2.05) is 27.1 Å². The average molecular weight is 586 g/mol. The second-order valence-electron chi connectivity index (χ2n) is 10.5. The van der Waals surface area contributed by atoms with Gasteiger partial charge in [0.15, 0.2) is 0 Å². The van der Waals surface area contributed by atoms with Crippen molar-refractivity contribution in [3.05, 3.63) is 63.9 Å². The number of rotatable bonds is 10. The molecule has 2 heterocycles. The molecule has 2 N–H and O–H groups in total. The zero-order valence-corrected chi connectivity index (χ0v) is 24.5. The Morgan fingerprint density at radius 2 is 1.80 bits per heavy atom. The number of aliphatic carboxylic acids is 1. The minimum Gasteiger partial charge on any atom is -0.492 e. The topological polar surface area (TPSA) is 105 Å². The Kier molecular flexibility index (Phi) is 9.66. The third-order valence-corrected chi connectivity index (χ3v) is 7.64. The number of nitrogens with zero attached hydrogens (tertiary/aromatic N) is 3. The third kappa shape index (κ3) is 6.92. The predicted octanol–water partition coefficient (Wildman–Crippen LogP) is 6.27. The Labute approximate surface area is 244 Å². The zero-order valence-electron chi connectivity index (χ0n) is 23.0. The fourth-order valence-corrected chi connectivity index (χ4v) is 5.38. The number of nitrogens with one attached hydrogen (secondary N) is 1. The van der Waals surface area contributed by atoms with Crippen LogP contribution in [0.2, 0.25) is 10.0 Å². The number of aryl methyl sites for hydroxylation is 1. The van der Waals surface area contributed by atoms with Crippen molar-refractivity contribution in [3.8, 4) is 28.3 Å². The van der Waals surface area contributed by atoms with Crippen LogP contribution in [-0.4, -0.2) is 64.6 Å². The van der Waals surface area contributed by atoms with E-state index in [1.165, 1.54) is 0 Å². The van der Waals surface area contributed by atoms with Crippen molar-refractivity contribution in [2.75, 3.05) is 27.2 Å². The number of carbonyl (C=O) groups excluding carboxylic acids is 1. The molecule has 40 heavy (non-hydrogen) atoms. The van der Waals surface area contributed by atoms with Crippen molar-refractivity contribution < 1.29 is 19.4 Å². The van der Waals surface area contributed by atoms with E-state index in [0.29, 0.717) is 57.8 Å². The lowest BCUT2D eigenvalue weighted by molar-refractivity contribution is -0.145. The van der Waals surface area contributed by atoms with Gasteiger partial charge in [-0.3, -0.25) is 9.78 Å². The molecule has 0 spiro atoms. The number of halogens is 2. The maximum atomic E-state index is 13.4. The number of hydrogen-bond acceptors (Lipinski definition) is 6. The first-order valence-electron chi connectivity index (χ1n) is 13.4. The van der Waals surface area contributed by atoms with Gasteiger partial charge >= 0.3 is 5.97 Å². The Hall–Kier alpha value is -3.20. The SMILES string of the molecule is Cc1cnc(-c2ccc(C(=O)NC3(C(=O)O)CCCCC3)nc2-c2ccc(Cl)c(OCCCN(C)C)c2)c(Cl)c1. The van der Waals surface area contributed by atoms with Crippen molar-refractivity contribution in [1.29, 1.82) is 0 Å². The standard InChI is InChI=1S/C30H34Cl2N4O4/c1-19-16-23(32)27(33-18-19)21-9-11-24(28(37)35-30(29(38)39)12-5-4-6-13-30)34-26(21)20-8-10-22(31)25(17-20)40-15-7-14-36(2)3/h8-11,16-18H,4-7,12-15H2,1-3H3,(H,35,37)(H,38,39). The summed E-state index contributed by atoms with van der Waals surface area (Å²) in [4.78, 5) is 36.9. The maximum absolute atomic E-state index is 13.4. The van der Waals surface area contributed by atoms with E-state index in [9.17, 15) is 14.7 Å². The number of ether oxygens (including phenoxy) is 1. The number of carboxylic acid groups (broad SMARTS) is 1. The molecule has 10 heteroatoms. The van der Waals surface area contributed by atoms with Crippen molar-refractivity contribution in [2.45, 2.75) is 51.0 Å². The summed E-state index contributed by atoms with van der Waals surface area (Å²) in [6.45, 7) is 3.25. The van der Waals surface area contributed by atoms with Crippen molar-refractivity contribution in [2.24, 2.45) is 0 Å². The van der Waals surface area contributed by atoms with Crippen LogP contribution in [0.5, 0.6) is 5.75 Å². The second-order valence-corrected chi connectivity index (χ2v) is 11.3. The quantitative estimate of drug-likeness (QED) is 0.270. The molecular formula is C30H34Cl2N4O4. The van der Waals surface area contributed by atoms with Gasteiger partial charge in [0.25, 0.3) is 5.91 Å². The van der Waals surface area contributed by atoms with E-state index in [1.54, 1.807) is 36.5 Å². The van der Waals surface area contributed by atoms with Crippen LogP contribution >= 0.6 is 23.2 Å². The van der Waals surface area contributed by atoms with Crippen molar-refractivity contribution >= 4 is 35.1 Å². The fourth-order valence-electron chi connectivity index (χ4n) is 4.88. The number of carboxylic acids is 1. The number of pyridine rings is 2. The molecule has 0 aliphatic heterocycles. The molecule has 4 rings (SSSR count). The summed E-state index contributed by atoms with van der Waals surface area (Å²) >= 11 is 13.0. The normalized spacial score (nSPS) is 14.7. The van der Waals surface area contributed by atoms with E-state index < -0.39 is 17.4 Å². The molecular weight excluding hydrogens is 551 g/mol. The molecule has 0 atom stereocenters. The van der Waals surface area contributed by atoms with Crippen LogP contribution in [0.25, 0.3) is 22.5 Å². The number of carbonyl (C=O) groups is 2. The molecule has 0 saturated heterocycles. The molecule has 1 fully saturated rings. The van der Waals surface area contributed by atoms with Crippen LogP contribution in [0, 0.1) is 6.92 Å².